The summed E-state index contributed by atoms with van der Waals surface area (Å²) >= 11 is 1.02. The van der Waals surface area contributed by atoms with Gasteiger partial charge in [0.2, 0.25) is 11.8 Å². The molecule has 0 radical (unpaired) electrons. The number of imide groups is 1. The number of benzene rings is 2. The van der Waals surface area contributed by atoms with Crippen LogP contribution in [0.15, 0.2) is 57.4 Å². The van der Waals surface area contributed by atoms with E-state index in [1.54, 1.807) is 25.1 Å². The van der Waals surface area contributed by atoms with Crippen LogP contribution in [-0.2, 0) is 17.6 Å². The summed E-state index contributed by atoms with van der Waals surface area (Å²) in [7, 11) is 0. The number of hydrogen-bond acceptors (Lipinski definition) is 6. The van der Waals surface area contributed by atoms with Gasteiger partial charge in [0.05, 0.1) is 22.9 Å². The van der Waals surface area contributed by atoms with E-state index in [-0.39, 0.29) is 22.9 Å². The predicted octanol–water partition coefficient (Wildman–Crippen LogP) is 5.02. The molecule has 1 N–H and O–H groups in total. The molecule has 0 bridgehead atoms. The Labute approximate surface area is 180 Å². The van der Waals surface area contributed by atoms with Crippen LogP contribution in [0.25, 0.3) is 22.4 Å². The number of thioether (sulfide) groups is 1. The summed E-state index contributed by atoms with van der Waals surface area (Å²) in [5.41, 5.74) is 2.66. The molecule has 0 spiro atoms. The molecule has 1 aliphatic rings. The SMILES string of the molecule is Cc1oc(-c2ccccc2F)nc1Cc1cc2cc(CC3SC(=O)NC3=O)ccc2o1. The smallest absolute Gasteiger partial charge is 0.286 e. The first kappa shape index (κ1) is 19.6. The average Bonchev–Trinajstić information content (AvgIpc) is 3.39. The molecule has 31 heavy (non-hydrogen) atoms. The van der Waals surface area contributed by atoms with Crippen LogP contribution in [0.5, 0.6) is 0 Å². The fourth-order valence-corrected chi connectivity index (χ4v) is 4.47. The van der Waals surface area contributed by atoms with Crippen molar-refractivity contribution in [3.63, 3.8) is 0 Å². The third kappa shape index (κ3) is 3.86. The van der Waals surface area contributed by atoms with Gasteiger partial charge >= 0.3 is 0 Å². The number of furan rings is 1. The lowest BCUT2D eigenvalue weighted by atomic mass is 10.1. The van der Waals surface area contributed by atoms with Crippen LogP contribution in [0.3, 0.4) is 0 Å². The maximum atomic E-state index is 14.0. The molecule has 0 aliphatic carbocycles. The van der Waals surface area contributed by atoms with Gasteiger partial charge in [0, 0.05) is 5.39 Å². The topological polar surface area (TPSA) is 85.3 Å². The van der Waals surface area contributed by atoms with Crippen LogP contribution in [0.1, 0.15) is 22.8 Å². The quantitative estimate of drug-likeness (QED) is 0.473. The van der Waals surface area contributed by atoms with E-state index < -0.39 is 5.25 Å². The molecule has 1 saturated heterocycles. The predicted molar refractivity (Wildman–Crippen MR) is 114 cm³/mol. The number of aromatic nitrogens is 1. The molecule has 5 rings (SSSR count). The Morgan fingerprint density at radius 1 is 1.13 bits per heavy atom. The Morgan fingerprint density at radius 2 is 1.97 bits per heavy atom. The van der Waals surface area contributed by atoms with E-state index in [2.05, 4.69) is 10.3 Å². The van der Waals surface area contributed by atoms with Gasteiger partial charge in [-0.25, -0.2) is 9.37 Å². The summed E-state index contributed by atoms with van der Waals surface area (Å²) in [5.74, 6) is 0.906. The summed E-state index contributed by atoms with van der Waals surface area (Å²) in [4.78, 5) is 27.6. The molecular formula is C23H17FN2O4S. The number of carbonyl (C=O) groups is 2. The second-order valence-corrected chi connectivity index (χ2v) is 8.53. The highest BCUT2D eigenvalue weighted by Crippen LogP contribution is 2.29. The standard InChI is InChI=1S/C23H17FN2O4S/c1-12-18(25-22(29-12)16-4-2-3-5-17(16)24)11-15-10-14-8-13(6-7-19(14)30-15)9-20-21(27)26-23(28)31-20/h2-8,10,20H,9,11H2,1H3,(H,26,27,28). The number of oxazole rings is 1. The highest BCUT2D eigenvalue weighted by atomic mass is 32.2. The van der Waals surface area contributed by atoms with E-state index in [9.17, 15) is 14.0 Å². The van der Waals surface area contributed by atoms with E-state index in [4.69, 9.17) is 8.83 Å². The Morgan fingerprint density at radius 3 is 2.74 bits per heavy atom. The maximum absolute atomic E-state index is 14.0. The molecule has 1 aliphatic heterocycles. The van der Waals surface area contributed by atoms with Gasteiger partial charge in [-0.15, -0.1) is 0 Å². The first-order chi connectivity index (χ1) is 15.0. The van der Waals surface area contributed by atoms with Crippen LogP contribution >= 0.6 is 11.8 Å². The summed E-state index contributed by atoms with van der Waals surface area (Å²) < 4.78 is 25.7. The number of nitrogens with zero attached hydrogens (tertiary/aromatic N) is 1. The minimum Gasteiger partial charge on any atom is -0.461 e. The van der Waals surface area contributed by atoms with E-state index in [0.717, 1.165) is 22.7 Å². The van der Waals surface area contributed by atoms with Crippen molar-refractivity contribution < 1.29 is 22.8 Å². The molecule has 4 aromatic rings. The number of carbonyl (C=O) groups excluding carboxylic acids is 2. The Hall–Kier alpha value is -3.39. The Bertz CT molecular complexity index is 1330. The number of hydrogen-bond donors (Lipinski definition) is 1. The van der Waals surface area contributed by atoms with Crippen molar-refractivity contribution in [2.75, 3.05) is 0 Å². The fourth-order valence-electron chi connectivity index (χ4n) is 3.61. The maximum Gasteiger partial charge on any atom is 0.286 e. The summed E-state index contributed by atoms with van der Waals surface area (Å²) in [6.07, 6.45) is 0.871. The third-order valence-electron chi connectivity index (χ3n) is 5.16. The third-order valence-corrected chi connectivity index (χ3v) is 6.14. The minimum absolute atomic E-state index is 0.242. The molecule has 156 valence electrons. The molecule has 1 unspecified atom stereocenters. The molecule has 2 amide bonds. The molecule has 1 atom stereocenters. The van der Waals surface area contributed by atoms with Gasteiger partial charge in [-0.1, -0.05) is 30.0 Å². The lowest BCUT2D eigenvalue weighted by Gasteiger charge is -2.04. The molecule has 8 heteroatoms. The first-order valence-corrected chi connectivity index (χ1v) is 10.6. The average molecular weight is 436 g/mol. The summed E-state index contributed by atoms with van der Waals surface area (Å²) in [5, 5.41) is 2.49. The van der Waals surface area contributed by atoms with Gasteiger partial charge in [-0.3, -0.25) is 14.9 Å². The van der Waals surface area contributed by atoms with Crippen molar-refractivity contribution in [1.82, 2.24) is 10.3 Å². The number of halogens is 1. The van der Waals surface area contributed by atoms with Gasteiger partial charge < -0.3 is 8.83 Å². The molecule has 0 saturated carbocycles. The normalized spacial score (nSPS) is 16.3. The Kier molecular flexibility index (Phi) is 4.86. The van der Waals surface area contributed by atoms with Crippen LogP contribution in [0, 0.1) is 12.7 Å². The number of aryl methyl sites for hydroxylation is 1. The summed E-state index contributed by atoms with van der Waals surface area (Å²) in [6.45, 7) is 1.79. The highest BCUT2D eigenvalue weighted by molar-refractivity contribution is 8.15. The molecule has 2 aromatic heterocycles. The second-order valence-electron chi connectivity index (χ2n) is 7.35. The zero-order chi connectivity index (χ0) is 21.5. The molecular weight excluding hydrogens is 419 g/mol. The fraction of sp³-hybridized carbons (Fsp3) is 0.174. The number of rotatable bonds is 5. The van der Waals surface area contributed by atoms with E-state index in [0.29, 0.717) is 41.2 Å². The lowest BCUT2D eigenvalue weighted by Crippen LogP contribution is -2.25. The highest BCUT2D eigenvalue weighted by Gasteiger charge is 2.31. The molecule has 2 aromatic carbocycles. The van der Waals surface area contributed by atoms with Crippen molar-refractivity contribution in [1.29, 1.82) is 0 Å². The van der Waals surface area contributed by atoms with Crippen LogP contribution in [0.2, 0.25) is 0 Å². The van der Waals surface area contributed by atoms with E-state index in [1.165, 1.54) is 6.07 Å². The summed E-state index contributed by atoms with van der Waals surface area (Å²) in [6, 6.07) is 14.0. The van der Waals surface area contributed by atoms with E-state index >= 15 is 0 Å². The van der Waals surface area contributed by atoms with Gasteiger partial charge in [0.1, 0.15) is 22.9 Å². The zero-order valence-electron chi connectivity index (χ0n) is 16.5. The number of nitrogens with one attached hydrogen (secondary N) is 1. The van der Waals surface area contributed by atoms with Crippen LogP contribution in [0.4, 0.5) is 9.18 Å². The first-order valence-electron chi connectivity index (χ1n) is 9.70. The monoisotopic (exact) mass is 436 g/mol. The molecule has 6 nitrogen and oxygen atoms in total. The van der Waals surface area contributed by atoms with Crippen molar-refractivity contribution in [2.24, 2.45) is 0 Å². The number of amides is 2. The van der Waals surface area contributed by atoms with Gasteiger partial charge in [-0.05, 0) is 49.2 Å². The molecule has 3 heterocycles. The van der Waals surface area contributed by atoms with Crippen LogP contribution in [-0.4, -0.2) is 21.4 Å². The Balaban J connectivity index is 1.37. The largest absolute Gasteiger partial charge is 0.461 e. The lowest BCUT2D eigenvalue weighted by molar-refractivity contribution is -0.118. The van der Waals surface area contributed by atoms with E-state index in [1.807, 2.05) is 24.3 Å². The van der Waals surface area contributed by atoms with Gasteiger partial charge in [0.15, 0.2) is 0 Å². The van der Waals surface area contributed by atoms with Crippen molar-refractivity contribution >= 4 is 33.9 Å². The van der Waals surface area contributed by atoms with Crippen molar-refractivity contribution in [3.05, 3.63) is 77.1 Å². The number of fused-ring (bicyclic) bond motifs is 1. The van der Waals surface area contributed by atoms with Gasteiger partial charge in [-0.2, -0.15) is 0 Å². The zero-order valence-corrected chi connectivity index (χ0v) is 17.3. The second kappa shape index (κ2) is 7.70. The molecule has 1 fully saturated rings. The minimum atomic E-state index is -0.411. The van der Waals surface area contributed by atoms with Crippen LogP contribution < -0.4 is 5.32 Å². The van der Waals surface area contributed by atoms with Gasteiger partial charge in [0.25, 0.3) is 5.24 Å². The van der Waals surface area contributed by atoms with Crippen molar-refractivity contribution in [3.8, 4) is 11.5 Å². The van der Waals surface area contributed by atoms with Crippen molar-refractivity contribution in [2.45, 2.75) is 25.0 Å².